The molecule has 0 aliphatic heterocycles. The Balaban J connectivity index is 1.73. The number of pyridine rings is 2. The van der Waals surface area contributed by atoms with Crippen LogP contribution in [-0.4, -0.2) is 9.97 Å². The van der Waals surface area contributed by atoms with Gasteiger partial charge in [0.1, 0.15) is 5.58 Å². The summed E-state index contributed by atoms with van der Waals surface area (Å²) in [6.07, 6.45) is -1.68. The Kier molecular flexibility index (Phi) is 1.81. The summed E-state index contributed by atoms with van der Waals surface area (Å²) in [5.74, 6) is 0. The molecule has 0 amide bonds. The zero-order valence-electron chi connectivity index (χ0n) is 19.8. The highest BCUT2D eigenvalue weighted by molar-refractivity contribution is 6.08. The maximum Gasteiger partial charge on any atom is 0.227 e. The van der Waals surface area contributed by atoms with E-state index in [9.17, 15) is 0 Å². The predicted molar refractivity (Wildman–Crippen MR) is 96.1 cm³/mol. The Morgan fingerprint density at radius 3 is 2.92 bits per heavy atom. The number of nitrogens with zero attached hydrogens (tertiary/aromatic N) is 2. The summed E-state index contributed by atoms with van der Waals surface area (Å²) in [7, 11) is 0. The fraction of sp³-hybridized carbons (Fsp3) is 0.238. The van der Waals surface area contributed by atoms with Crippen molar-refractivity contribution < 1.29 is 14.0 Å². The molecule has 3 aromatic heterocycles. The molecule has 0 N–H and O–H groups in total. The zero-order chi connectivity index (χ0) is 22.2. The van der Waals surface area contributed by atoms with Gasteiger partial charge in [0.05, 0.1) is 5.69 Å². The van der Waals surface area contributed by atoms with Crippen molar-refractivity contribution >= 4 is 22.1 Å². The van der Waals surface area contributed by atoms with Crippen LogP contribution in [0.4, 0.5) is 0 Å². The van der Waals surface area contributed by atoms with Gasteiger partial charge in [-0.2, -0.15) is 0 Å². The van der Waals surface area contributed by atoms with Crippen LogP contribution in [0.3, 0.4) is 0 Å². The lowest BCUT2D eigenvalue weighted by Gasteiger charge is -2.15. The lowest BCUT2D eigenvalue weighted by Crippen LogP contribution is -2.03. The first-order valence-corrected chi connectivity index (χ1v) is 7.82. The van der Waals surface area contributed by atoms with Gasteiger partial charge in [0.25, 0.3) is 0 Å². The Bertz CT molecular complexity index is 1340. The van der Waals surface area contributed by atoms with Gasteiger partial charge in [-0.15, -0.1) is 0 Å². The van der Waals surface area contributed by atoms with E-state index in [0.717, 1.165) is 5.39 Å². The standard InChI is InChI=1S/C21H18N2O/c1-13-9-10-17-16-7-4-8-18(20(16)24-21(17)23-13)19-11-14-5-2-3-6-15(14)12-22-19/h4,7-12H,2-3,5-6H2,1H3/i1D3,5D2,6D2. The average molecular weight is 321 g/mol. The molecule has 0 spiro atoms. The molecule has 3 heterocycles. The van der Waals surface area contributed by atoms with Gasteiger partial charge in [0, 0.05) is 37.8 Å². The van der Waals surface area contributed by atoms with Crippen molar-refractivity contribution in [2.45, 2.75) is 32.4 Å². The van der Waals surface area contributed by atoms with E-state index in [-0.39, 0.29) is 29.8 Å². The minimum atomic E-state index is -2.35. The van der Waals surface area contributed by atoms with E-state index >= 15 is 0 Å². The van der Waals surface area contributed by atoms with Crippen LogP contribution in [0.1, 0.15) is 39.3 Å². The highest BCUT2D eigenvalue weighted by Crippen LogP contribution is 2.35. The van der Waals surface area contributed by atoms with E-state index in [4.69, 9.17) is 14.0 Å². The van der Waals surface area contributed by atoms with Gasteiger partial charge >= 0.3 is 0 Å². The van der Waals surface area contributed by atoms with Crippen molar-refractivity contribution in [3.63, 3.8) is 0 Å². The minimum Gasteiger partial charge on any atom is -0.437 e. The molecule has 0 unspecified atom stereocenters. The summed E-state index contributed by atoms with van der Waals surface area (Å²) in [5, 5.41) is 1.42. The number of rotatable bonds is 1. The maximum atomic E-state index is 8.36. The molecule has 4 aromatic rings. The number of benzene rings is 1. The fourth-order valence-electron chi connectivity index (χ4n) is 3.16. The van der Waals surface area contributed by atoms with Crippen molar-refractivity contribution in [1.29, 1.82) is 0 Å². The molecule has 3 nitrogen and oxygen atoms in total. The van der Waals surface area contributed by atoms with Gasteiger partial charge < -0.3 is 4.42 Å². The van der Waals surface area contributed by atoms with Crippen LogP contribution in [0, 0.1) is 6.85 Å². The highest BCUT2D eigenvalue weighted by Gasteiger charge is 2.16. The monoisotopic (exact) mass is 321 g/mol. The lowest BCUT2D eigenvalue weighted by molar-refractivity contribution is 0.653. The topological polar surface area (TPSA) is 38.9 Å². The van der Waals surface area contributed by atoms with Gasteiger partial charge in [-0.1, -0.05) is 12.1 Å². The number of hydrogen-bond acceptors (Lipinski definition) is 3. The summed E-state index contributed by atoms with van der Waals surface area (Å²) >= 11 is 0. The van der Waals surface area contributed by atoms with E-state index in [0.29, 0.717) is 27.8 Å². The van der Waals surface area contributed by atoms with Crippen LogP contribution in [-0.2, 0) is 12.7 Å². The molecule has 3 heteroatoms. The maximum absolute atomic E-state index is 8.36. The minimum absolute atomic E-state index is 0.0528. The van der Waals surface area contributed by atoms with Crippen LogP contribution in [0.2, 0.25) is 0 Å². The van der Waals surface area contributed by atoms with Crippen LogP contribution < -0.4 is 0 Å². The SMILES string of the molecule is [2H]C([2H])([2H])c1ccc2c(n1)oc1c(-c3cc4c(cn3)C([2H])([2H])CCC4([2H])[2H])cccc12. The third-order valence-corrected chi connectivity index (χ3v) is 4.30. The van der Waals surface area contributed by atoms with E-state index in [2.05, 4.69) is 9.97 Å². The van der Waals surface area contributed by atoms with E-state index in [1.165, 1.54) is 12.3 Å². The second-order valence-corrected chi connectivity index (χ2v) is 5.80. The molecular weight excluding hydrogens is 296 g/mol. The van der Waals surface area contributed by atoms with Crippen LogP contribution in [0.15, 0.2) is 47.0 Å². The molecule has 5 rings (SSSR count). The van der Waals surface area contributed by atoms with E-state index in [1.54, 1.807) is 18.2 Å². The summed E-state index contributed by atoms with van der Waals surface area (Å²) in [6, 6.07) is 10.2. The van der Waals surface area contributed by atoms with Gasteiger partial charge in [0.2, 0.25) is 5.71 Å². The van der Waals surface area contributed by atoms with Crippen LogP contribution in [0.25, 0.3) is 33.3 Å². The number of aryl methyl sites for hydroxylation is 3. The summed E-state index contributed by atoms with van der Waals surface area (Å²) in [5.41, 5.74) is 2.26. The number of furan rings is 1. The average Bonchev–Trinajstić information content (AvgIpc) is 3.08. The first kappa shape index (κ1) is 8.43. The Morgan fingerprint density at radius 2 is 2.00 bits per heavy atom. The smallest absolute Gasteiger partial charge is 0.227 e. The van der Waals surface area contributed by atoms with Gasteiger partial charge in [0.15, 0.2) is 0 Å². The first-order chi connectivity index (χ1) is 14.5. The van der Waals surface area contributed by atoms with Gasteiger partial charge in [-0.05, 0) is 67.8 Å². The van der Waals surface area contributed by atoms with Crippen molar-refractivity contribution in [3.05, 3.63) is 59.4 Å². The number of hydrogen-bond donors (Lipinski definition) is 0. The summed E-state index contributed by atoms with van der Waals surface area (Å²) in [4.78, 5) is 8.60. The molecule has 0 atom stereocenters. The zero-order valence-corrected chi connectivity index (χ0v) is 12.8. The lowest BCUT2D eigenvalue weighted by atomic mass is 9.92. The van der Waals surface area contributed by atoms with Crippen molar-refractivity contribution in [2.24, 2.45) is 0 Å². The quantitative estimate of drug-likeness (QED) is 0.482. The second kappa shape index (κ2) is 5.17. The van der Waals surface area contributed by atoms with E-state index in [1.807, 2.05) is 12.1 Å². The molecule has 0 saturated carbocycles. The number of aromatic nitrogens is 2. The van der Waals surface area contributed by atoms with Crippen molar-refractivity contribution in [1.82, 2.24) is 9.97 Å². The third-order valence-electron chi connectivity index (χ3n) is 4.30. The third kappa shape index (κ3) is 2.04. The molecule has 0 radical (unpaired) electrons. The molecule has 24 heavy (non-hydrogen) atoms. The van der Waals surface area contributed by atoms with Gasteiger partial charge in [-0.25, -0.2) is 4.98 Å². The summed E-state index contributed by atoms with van der Waals surface area (Å²) in [6.45, 7) is -2.35. The van der Waals surface area contributed by atoms with Crippen molar-refractivity contribution in [2.75, 3.05) is 0 Å². The fourth-order valence-corrected chi connectivity index (χ4v) is 3.16. The largest absolute Gasteiger partial charge is 0.437 e. The molecule has 1 aromatic carbocycles. The predicted octanol–water partition coefficient (Wildman–Crippen LogP) is 5.23. The molecule has 0 saturated heterocycles. The summed E-state index contributed by atoms with van der Waals surface area (Å²) < 4.78 is 61.8. The molecule has 0 fully saturated rings. The first-order valence-electron chi connectivity index (χ1n) is 11.3. The van der Waals surface area contributed by atoms with Gasteiger partial charge in [-0.3, -0.25) is 4.98 Å². The Hall–Kier alpha value is -2.68. The molecule has 1 aliphatic rings. The Labute approximate surface area is 150 Å². The number of fused-ring (bicyclic) bond motifs is 4. The molecule has 1 aliphatic carbocycles. The number of para-hydroxylation sites is 1. The van der Waals surface area contributed by atoms with Crippen LogP contribution in [0.5, 0.6) is 0 Å². The second-order valence-electron chi connectivity index (χ2n) is 5.80. The molecule has 0 bridgehead atoms. The van der Waals surface area contributed by atoms with Crippen molar-refractivity contribution in [3.8, 4) is 11.3 Å². The highest BCUT2D eigenvalue weighted by atomic mass is 16.3. The Morgan fingerprint density at radius 1 is 1.08 bits per heavy atom. The molecule has 118 valence electrons. The van der Waals surface area contributed by atoms with E-state index < -0.39 is 19.6 Å². The molecular formula is C21H18N2O. The normalized spacial score (nSPS) is 23.2. The van der Waals surface area contributed by atoms with Crippen LogP contribution >= 0.6 is 0 Å².